The Morgan fingerprint density at radius 3 is 2.57 bits per heavy atom. The van der Waals surface area contributed by atoms with E-state index in [0.717, 1.165) is 34.4 Å². The SMILES string of the molecule is CCN(CCN(C=O)Cc1ccccc1OC)C(=O)c1cc2cc(OC)ccc2[nH]1. The van der Waals surface area contributed by atoms with Gasteiger partial charge in [0.25, 0.3) is 5.91 Å². The molecule has 7 nitrogen and oxygen atoms in total. The van der Waals surface area contributed by atoms with E-state index in [1.807, 2.05) is 55.5 Å². The Labute approximate surface area is 176 Å². The third-order valence-corrected chi connectivity index (χ3v) is 5.10. The molecule has 7 heteroatoms. The minimum absolute atomic E-state index is 0.101. The average molecular weight is 409 g/mol. The number of fused-ring (bicyclic) bond motifs is 1. The maximum atomic E-state index is 13.0. The van der Waals surface area contributed by atoms with Crippen molar-refractivity contribution in [2.45, 2.75) is 13.5 Å². The zero-order valence-electron chi connectivity index (χ0n) is 17.6. The van der Waals surface area contributed by atoms with Gasteiger partial charge in [0.15, 0.2) is 0 Å². The summed E-state index contributed by atoms with van der Waals surface area (Å²) in [5, 5.41) is 0.916. The molecule has 0 saturated carbocycles. The summed E-state index contributed by atoms with van der Waals surface area (Å²) in [6.07, 6.45) is 0.806. The van der Waals surface area contributed by atoms with E-state index in [0.29, 0.717) is 31.9 Å². The summed E-state index contributed by atoms with van der Waals surface area (Å²) in [5.41, 5.74) is 2.31. The van der Waals surface area contributed by atoms with Crippen molar-refractivity contribution in [3.8, 4) is 11.5 Å². The number of H-pyrrole nitrogens is 1. The molecule has 0 atom stereocenters. The minimum atomic E-state index is -0.101. The van der Waals surface area contributed by atoms with E-state index in [1.165, 1.54) is 0 Å². The van der Waals surface area contributed by atoms with Crippen LogP contribution in [0.5, 0.6) is 11.5 Å². The van der Waals surface area contributed by atoms with Gasteiger partial charge in [0.2, 0.25) is 6.41 Å². The lowest BCUT2D eigenvalue weighted by Gasteiger charge is -2.25. The number of methoxy groups -OCH3 is 2. The summed E-state index contributed by atoms with van der Waals surface area (Å²) < 4.78 is 10.6. The summed E-state index contributed by atoms with van der Waals surface area (Å²) in [5.74, 6) is 1.38. The number of carbonyl (C=O) groups is 2. The normalized spacial score (nSPS) is 10.6. The topological polar surface area (TPSA) is 74.9 Å². The van der Waals surface area contributed by atoms with Gasteiger partial charge in [-0.2, -0.15) is 0 Å². The first-order valence-corrected chi connectivity index (χ1v) is 9.86. The first-order valence-electron chi connectivity index (χ1n) is 9.86. The van der Waals surface area contributed by atoms with Crippen molar-refractivity contribution in [3.05, 3.63) is 59.8 Å². The number of nitrogens with one attached hydrogen (secondary N) is 1. The molecule has 0 bridgehead atoms. The highest BCUT2D eigenvalue weighted by Gasteiger charge is 2.18. The molecule has 2 amide bonds. The number of para-hydroxylation sites is 1. The molecular weight excluding hydrogens is 382 g/mol. The van der Waals surface area contributed by atoms with Crippen molar-refractivity contribution in [1.29, 1.82) is 0 Å². The molecule has 30 heavy (non-hydrogen) atoms. The van der Waals surface area contributed by atoms with Gasteiger partial charge < -0.3 is 24.3 Å². The van der Waals surface area contributed by atoms with Gasteiger partial charge in [-0.25, -0.2) is 0 Å². The molecule has 0 saturated heterocycles. The fourth-order valence-corrected chi connectivity index (χ4v) is 3.40. The number of ether oxygens (including phenoxy) is 2. The fourth-order valence-electron chi connectivity index (χ4n) is 3.40. The van der Waals surface area contributed by atoms with Crippen LogP contribution in [0.2, 0.25) is 0 Å². The standard InChI is InChI=1S/C23H27N3O4/c1-4-26(12-11-25(16-27)15-17-7-5-6-8-22(17)30-3)23(28)21-14-18-13-19(29-2)9-10-20(18)24-21/h5-10,13-14,16,24H,4,11-12,15H2,1-3H3. The summed E-state index contributed by atoms with van der Waals surface area (Å²) in [7, 11) is 3.22. The van der Waals surface area contributed by atoms with Crippen LogP contribution >= 0.6 is 0 Å². The van der Waals surface area contributed by atoms with Gasteiger partial charge in [-0.05, 0) is 37.3 Å². The Morgan fingerprint density at radius 2 is 1.87 bits per heavy atom. The summed E-state index contributed by atoms with van der Waals surface area (Å²) in [4.78, 5) is 31.1. The van der Waals surface area contributed by atoms with E-state index in [9.17, 15) is 9.59 Å². The molecule has 1 heterocycles. The molecule has 0 spiro atoms. The van der Waals surface area contributed by atoms with Crippen molar-refractivity contribution in [2.75, 3.05) is 33.9 Å². The quantitative estimate of drug-likeness (QED) is 0.522. The molecule has 3 aromatic rings. The smallest absolute Gasteiger partial charge is 0.270 e. The molecule has 0 unspecified atom stereocenters. The van der Waals surface area contributed by atoms with E-state index < -0.39 is 0 Å². The molecule has 0 radical (unpaired) electrons. The number of aromatic nitrogens is 1. The van der Waals surface area contributed by atoms with Crippen LogP contribution < -0.4 is 9.47 Å². The molecule has 0 fully saturated rings. The van der Waals surface area contributed by atoms with Crippen molar-refractivity contribution < 1.29 is 19.1 Å². The Morgan fingerprint density at radius 1 is 1.07 bits per heavy atom. The van der Waals surface area contributed by atoms with Gasteiger partial charge in [0.1, 0.15) is 17.2 Å². The van der Waals surface area contributed by atoms with E-state index >= 15 is 0 Å². The number of hydrogen-bond acceptors (Lipinski definition) is 4. The first-order chi connectivity index (χ1) is 14.6. The number of aromatic amines is 1. The number of rotatable bonds is 10. The van der Waals surface area contributed by atoms with E-state index in [4.69, 9.17) is 9.47 Å². The molecule has 0 aliphatic heterocycles. The second kappa shape index (κ2) is 9.82. The number of benzene rings is 2. The van der Waals surface area contributed by atoms with E-state index in [1.54, 1.807) is 24.0 Å². The maximum absolute atomic E-state index is 13.0. The highest BCUT2D eigenvalue weighted by Crippen LogP contribution is 2.22. The second-order valence-electron chi connectivity index (χ2n) is 6.91. The number of carbonyl (C=O) groups excluding carboxylic acids is 2. The molecular formula is C23H27N3O4. The zero-order chi connectivity index (χ0) is 21.5. The second-order valence-corrected chi connectivity index (χ2v) is 6.91. The van der Waals surface area contributed by atoms with Crippen LogP contribution in [-0.4, -0.2) is 61.0 Å². The minimum Gasteiger partial charge on any atom is -0.497 e. The largest absolute Gasteiger partial charge is 0.497 e. The van der Waals surface area contributed by atoms with Crippen LogP contribution in [0.1, 0.15) is 23.0 Å². The lowest BCUT2D eigenvalue weighted by atomic mass is 10.2. The number of nitrogens with zero attached hydrogens (tertiary/aromatic N) is 2. The van der Waals surface area contributed by atoms with Crippen LogP contribution in [0.4, 0.5) is 0 Å². The summed E-state index contributed by atoms with van der Waals surface area (Å²) in [6.45, 7) is 3.75. The van der Waals surface area contributed by atoms with E-state index in [2.05, 4.69) is 4.98 Å². The lowest BCUT2D eigenvalue weighted by Crippen LogP contribution is -2.38. The Balaban J connectivity index is 1.68. The molecule has 0 aliphatic carbocycles. The average Bonchev–Trinajstić information content (AvgIpc) is 3.22. The van der Waals surface area contributed by atoms with Crippen molar-refractivity contribution >= 4 is 23.2 Å². The third kappa shape index (κ3) is 4.74. The van der Waals surface area contributed by atoms with Crippen molar-refractivity contribution in [1.82, 2.24) is 14.8 Å². The van der Waals surface area contributed by atoms with Gasteiger partial charge in [-0.3, -0.25) is 9.59 Å². The van der Waals surface area contributed by atoms with Crippen molar-refractivity contribution in [2.24, 2.45) is 0 Å². The molecule has 0 aliphatic rings. The lowest BCUT2D eigenvalue weighted by molar-refractivity contribution is -0.118. The fraction of sp³-hybridized carbons (Fsp3) is 0.304. The number of hydrogen-bond donors (Lipinski definition) is 1. The Hall–Kier alpha value is -3.48. The van der Waals surface area contributed by atoms with Crippen LogP contribution in [0.15, 0.2) is 48.5 Å². The predicted molar refractivity (Wildman–Crippen MR) is 116 cm³/mol. The van der Waals surface area contributed by atoms with Gasteiger partial charge in [-0.1, -0.05) is 18.2 Å². The number of amides is 2. The molecule has 1 aromatic heterocycles. The highest BCUT2D eigenvalue weighted by molar-refractivity contribution is 5.98. The van der Waals surface area contributed by atoms with Crippen LogP contribution in [-0.2, 0) is 11.3 Å². The van der Waals surface area contributed by atoms with Crippen molar-refractivity contribution in [3.63, 3.8) is 0 Å². The first kappa shape index (κ1) is 21.2. The summed E-state index contributed by atoms with van der Waals surface area (Å²) >= 11 is 0. The van der Waals surface area contributed by atoms with Gasteiger partial charge in [-0.15, -0.1) is 0 Å². The van der Waals surface area contributed by atoms with E-state index in [-0.39, 0.29) is 5.91 Å². The predicted octanol–water partition coefficient (Wildman–Crippen LogP) is 3.31. The molecule has 1 N–H and O–H groups in total. The van der Waals surface area contributed by atoms with Gasteiger partial charge >= 0.3 is 0 Å². The molecule has 2 aromatic carbocycles. The maximum Gasteiger partial charge on any atom is 0.270 e. The monoisotopic (exact) mass is 409 g/mol. The third-order valence-electron chi connectivity index (χ3n) is 5.10. The van der Waals surface area contributed by atoms with Crippen LogP contribution in [0, 0.1) is 0 Å². The summed E-state index contributed by atoms with van der Waals surface area (Å²) in [6, 6.07) is 15.1. The zero-order valence-corrected chi connectivity index (χ0v) is 17.6. The van der Waals surface area contributed by atoms with Gasteiger partial charge in [0.05, 0.1) is 14.2 Å². The highest BCUT2D eigenvalue weighted by atomic mass is 16.5. The number of likely N-dealkylation sites (N-methyl/N-ethyl adjacent to an activating group) is 1. The Kier molecular flexibility index (Phi) is 6.95. The molecule has 158 valence electrons. The molecule has 3 rings (SSSR count). The Bertz CT molecular complexity index is 1010. The van der Waals surface area contributed by atoms with Crippen LogP contribution in [0.25, 0.3) is 10.9 Å². The van der Waals surface area contributed by atoms with Crippen LogP contribution in [0.3, 0.4) is 0 Å². The van der Waals surface area contributed by atoms with Gasteiger partial charge in [0, 0.05) is 42.6 Å².